The van der Waals surface area contributed by atoms with E-state index in [1.165, 1.54) is 17.8 Å². The maximum absolute atomic E-state index is 12.3. The van der Waals surface area contributed by atoms with E-state index in [0.717, 1.165) is 30.7 Å². The Hall–Kier alpha value is -2.28. The lowest BCUT2D eigenvalue weighted by molar-refractivity contribution is -0.115. The monoisotopic (exact) mass is 361 g/mol. The number of aryl methyl sites for hydroxylation is 1. The fraction of sp³-hybridized carbons (Fsp3) is 0.389. The van der Waals surface area contributed by atoms with Crippen LogP contribution in [0.25, 0.3) is 0 Å². The van der Waals surface area contributed by atoms with Gasteiger partial charge in [0.15, 0.2) is 5.16 Å². The van der Waals surface area contributed by atoms with E-state index >= 15 is 0 Å². The quantitative estimate of drug-likeness (QED) is 0.557. The summed E-state index contributed by atoms with van der Waals surface area (Å²) in [5.41, 5.74) is 1.26. The van der Waals surface area contributed by atoms with Gasteiger partial charge in [-0.15, -0.1) is 0 Å². The van der Waals surface area contributed by atoms with E-state index in [0.29, 0.717) is 10.8 Å². The van der Waals surface area contributed by atoms with Crippen molar-refractivity contribution in [3.05, 3.63) is 46.4 Å². The molecule has 0 saturated carbocycles. The Kier molecular flexibility index (Phi) is 7.06. The van der Waals surface area contributed by atoms with Crippen LogP contribution in [0.3, 0.4) is 0 Å². The smallest absolute Gasteiger partial charge is 0.251 e. The number of rotatable bonds is 8. The molecule has 1 unspecified atom stereocenters. The van der Waals surface area contributed by atoms with Crippen LogP contribution in [0.2, 0.25) is 0 Å². The molecule has 0 saturated heterocycles. The van der Waals surface area contributed by atoms with Crippen molar-refractivity contribution in [3.8, 4) is 5.75 Å². The first-order valence-electron chi connectivity index (χ1n) is 8.23. The topological polar surface area (TPSA) is 84.1 Å². The van der Waals surface area contributed by atoms with Gasteiger partial charge >= 0.3 is 0 Å². The average Bonchev–Trinajstić information content (AvgIpc) is 2.60. The van der Waals surface area contributed by atoms with E-state index in [1.54, 1.807) is 38.3 Å². The Labute approximate surface area is 151 Å². The van der Waals surface area contributed by atoms with Crippen LogP contribution in [-0.4, -0.2) is 28.2 Å². The third-order valence-electron chi connectivity index (χ3n) is 3.57. The van der Waals surface area contributed by atoms with Crippen molar-refractivity contribution in [3.63, 3.8) is 0 Å². The number of H-pyrrole nitrogens is 1. The molecule has 6 nitrogen and oxygen atoms in total. The highest BCUT2D eigenvalue weighted by Crippen LogP contribution is 2.21. The molecule has 1 heterocycles. The molecule has 1 atom stereocenters. The summed E-state index contributed by atoms with van der Waals surface area (Å²) in [5.74, 6) is 0.572. The second kappa shape index (κ2) is 9.27. The first-order valence-corrected chi connectivity index (χ1v) is 9.11. The standard InChI is InChI=1S/C18H23N3O3S/c1-4-5-6-14-11-16(22)21-18(20-14)25-12(2)17(23)19-13-7-9-15(24-3)10-8-13/h7-12H,4-6H2,1-3H3,(H,19,23)(H,20,21,22). The summed E-state index contributed by atoms with van der Waals surface area (Å²) in [7, 11) is 1.59. The molecule has 7 heteroatoms. The predicted octanol–water partition coefficient (Wildman–Crippen LogP) is 3.24. The number of aromatic nitrogens is 2. The van der Waals surface area contributed by atoms with Crippen LogP contribution in [0.1, 0.15) is 32.4 Å². The highest BCUT2D eigenvalue weighted by Gasteiger charge is 2.16. The average molecular weight is 361 g/mol. The van der Waals surface area contributed by atoms with Crippen LogP contribution < -0.4 is 15.6 Å². The van der Waals surface area contributed by atoms with E-state index in [2.05, 4.69) is 22.2 Å². The second-order valence-corrected chi connectivity index (χ2v) is 6.95. The molecule has 0 fully saturated rings. The summed E-state index contributed by atoms with van der Waals surface area (Å²) in [6.45, 7) is 3.87. The number of benzene rings is 1. The lowest BCUT2D eigenvalue weighted by Gasteiger charge is -2.12. The predicted molar refractivity (Wildman–Crippen MR) is 100 cm³/mol. The van der Waals surface area contributed by atoms with Gasteiger partial charge in [0.25, 0.3) is 5.56 Å². The number of unbranched alkanes of at least 4 members (excludes halogenated alkanes) is 1. The van der Waals surface area contributed by atoms with Crippen molar-refractivity contribution in [2.75, 3.05) is 12.4 Å². The highest BCUT2D eigenvalue weighted by atomic mass is 32.2. The number of aromatic amines is 1. The molecule has 2 aromatic rings. The molecule has 0 radical (unpaired) electrons. The fourth-order valence-corrected chi connectivity index (χ4v) is 2.99. The maximum Gasteiger partial charge on any atom is 0.251 e. The minimum absolute atomic E-state index is 0.156. The Morgan fingerprint density at radius 1 is 1.36 bits per heavy atom. The van der Waals surface area contributed by atoms with Crippen molar-refractivity contribution in [1.82, 2.24) is 9.97 Å². The first-order chi connectivity index (χ1) is 12.0. The van der Waals surface area contributed by atoms with Gasteiger partial charge in [0.1, 0.15) is 5.75 Å². The molecular weight excluding hydrogens is 338 g/mol. The number of carbonyl (C=O) groups excluding carboxylic acids is 1. The van der Waals surface area contributed by atoms with Gasteiger partial charge in [-0.1, -0.05) is 25.1 Å². The summed E-state index contributed by atoms with van der Waals surface area (Å²) < 4.78 is 5.09. The lowest BCUT2D eigenvalue weighted by atomic mass is 10.2. The Balaban J connectivity index is 2.00. The minimum Gasteiger partial charge on any atom is -0.497 e. The van der Waals surface area contributed by atoms with Crippen LogP contribution in [0.15, 0.2) is 40.3 Å². The van der Waals surface area contributed by atoms with Crippen LogP contribution in [-0.2, 0) is 11.2 Å². The van der Waals surface area contributed by atoms with Crippen LogP contribution in [0.5, 0.6) is 5.75 Å². The molecule has 1 aromatic heterocycles. The molecule has 134 valence electrons. The third-order valence-corrected chi connectivity index (χ3v) is 4.56. The minimum atomic E-state index is -0.397. The summed E-state index contributed by atoms with van der Waals surface area (Å²) in [4.78, 5) is 31.2. The molecule has 0 aliphatic rings. The number of nitrogens with zero attached hydrogens (tertiary/aromatic N) is 1. The van der Waals surface area contributed by atoms with Gasteiger partial charge in [-0.3, -0.25) is 9.59 Å². The molecule has 0 aliphatic carbocycles. The van der Waals surface area contributed by atoms with Crippen molar-refractivity contribution < 1.29 is 9.53 Å². The largest absolute Gasteiger partial charge is 0.497 e. The van der Waals surface area contributed by atoms with E-state index in [1.807, 2.05) is 0 Å². The summed E-state index contributed by atoms with van der Waals surface area (Å²) in [6.07, 6.45) is 2.78. The summed E-state index contributed by atoms with van der Waals surface area (Å²) >= 11 is 1.24. The number of hydrogen-bond acceptors (Lipinski definition) is 5. The fourth-order valence-electron chi connectivity index (χ4n) is 2.16. The van der Waals surface area contributed by atoms with Gasteiger partial charge in [-0.25, -0.2) is 4.98 Å². The van der Waals surface area contributed by atoms with Gasteiger partial charge in [0.2, 0.25) is 5.91 Å². The number of thioether (sulfide) groups is 1. The van der Waals surface area contributed by atoms with Crippen LogP contribution in [0, 0.1) is 0 Å². The first kappa shape index (κ1) is 19.1. The van der Waals surface area contributed by atoms with Gasteiger partial charge in [-0.2, -0.15) is 0 Å². The van der Waals surface area contributed by atoms with E-state index < -0.39 is 5.25 Å². The zero-order chi connectivity index (χ0) is 18.2. The van der Waals surface area contributed by atoms with Crippen molar-refractivity contribution in [2.45, 2.75) is 43.5 Å². The maximum atomic E-state index is 12.3. The number of nitrogens with one attached hydrogen (secondary N) is 2. The Morgan fingerprint density at radius 3 is 2.72 bits per heavy atom. The van der Waals surface area contributed by atoms with Gasteiger partial charge < -0.3 is 15.0 Å². The third kappa shape index (κ3) is 5.94. The second-order valence-electron chi connectivity index (χ2n) is 5.62. The molecule has 0 bridgehead atoms. The zero-order valence-corrected chi connectivity index (χ0v) is 15.5. The SMILES string of the molecule is CCCCc1cc(=O)[nH]c(SC(C)C(=O)Nc2ccc(OC)cc2)n1. The molecule has 2 N–H and O–H groups in total. The van der Waals surface area contributed by atoms with Gasteiger partial charge in [0, 0.05) is 17.4 Å². The summed E-state index contributed by atoms with van der Waals surface area (Å²) in [5, 5.41) is 2.91. The number of carbonyl (C=O) groups is 1. The van der Waals surface area contributed by atoms with E-state index in [9.17, 15) is 9.59 Å². The van der Waals surface area contributed by atoms with Gasteiger partial charge in [0.05, 0.1) is 12.4 Å². The Bertz CT molecular complexity index is 759. The molecule has 0 aliphatic heterocycles. The lowest BCUT2D eigenvalue weighted by Crippen LogP contribution is -2.23. The normalized spacial score (nSPS) is 11.8. The summed E-state index contributed by atoms with van der Waals surface area (Å²) in [6, 6.07) is 8.63. The number of methoxy groups -OCH3 is 1. The highest BCUT2D eigenvalue weighted by molar-refractivity contribution is 8.00. The van der Waals surface area contributed by atoms with Crippen LogP contribution >= 0.6 is 11.8 Å². The number of anilines is 1. The molecule has 0 spiro atoms. The molecule has 25 heavy (non-hydrogen) atoms. The van der Waals surface area contributed by atoms with E-state index in [-0.39, 0.29) is 11.5 Å². The number of ether oxygens (including phenoxy) is 1. The number of hydrogen-bond donors (Lipinski definition) is 2. The van der Waals surface area contributed by atoms with Gasteiger partial charge in [-0.05, 0) is 44.0 Å². The zero-order valence-electron chi connectivity index (χ0n) is 14.7. The molecule has 1 aromatic carbocycles. The Morgan fingerprint density at radius 2 is 2.08 bits per heavy atom. The van der Waals surface area contributed by atoms with Crippen molar-refractivity contribution in [1.29, 1.82) is 0 Å². The van der Waals surface area contributed by atoms with Crippen molar-refractivity contribution in [2.24, 2.45) is 0 Å². The molecule has 2 rings (SSSR count). The number of amides is 1. The van der Waals surface area contributed by atoms with Crippen LogP contribution in [0.4, 0.5) is 5.69 Å². The molecule has 1 amide bonds. The molecular formula is C18H23N3O3S. The van der Waals surface area contributed by atoms with E-state index in [4.69, 9.17) is 4.74 Å². The van der Waals surface area contributed by atoms with Crippen molar-refractivity contribution >= 4 is 23.4 Å².